The normalized spacial score (nSPS) is 15.7. The Hall–Kier alpha value is -6.81. The van der Waals surface area contributed by atoms with Gasteiger partial charge in [-0.25, -0.2) is 9.37 Å². The molecule has 0 aliphatic carbocycles. The number of carbonyl (C=O) groups excluding carboxylic acids is 2. The first kappa shape index (κ1) is 42.3. The summed E-state index contributed by atoms with van der Waals surface area (Å²) in [4.78, 5) is 48.1. The third kappa shape index (κ3) is 8.22. The first-order valence-corrected chi connectivity index (χ1v) is 21.0. The van der Waals surface area contributed by atoms with Crippen molar-refractivity contribution in [3.8, 4) is 11.5 Å². The number of anilines is 1. The highest BCUT2D eigenvalue weighted by atomic mass is 32.2. The number of carboxylic acids is 1. The number of pyridine rings is 1. The highest BCUT2D eigenvalue weighted by Gasteiger charge is 2.36. The van der Waals surface area contributed by atoms with Crippen LogP contribution in [0.5, 0.6) is 11.5 Å². The molecule has 3 aliphatic heterocycles. The van der Waals surface area contributed by atoms with Crippen molar-refractivity contribution in [1.29, 1.82) is 0 Å². The monoisotopic (exact) mass is 845 g/mol. The maximum absolute atomic E-state index is 13.5. The van der Waals surface area contributed by atoms with Crippen LogP contribution in [0, 0.1) is 0 Å². The number of rotatable bonds is 11. The molecule has 0 atom stereocenters. The Morgan fingerprint density at radius 2 is 1.61 bits per heavy atom. The fraction of sp³-hybridized carbons (Fsp3) is 0.295. The average Bonchev–Trinajstić information content (AvgIpc) is 3.19. The largest absolute Gasteiger partial charge is 0.478 e. The van der Waals surface area contributed by atoms with Gasteiger partial charge in [0.15, 0.2) is 5.54 Å². The fourth-order valence-corrected chi connectivity index (χ4v) is 8.70. The summed E-state index contributed by atoms with van der Waals surface area (Å²) in [6.07, 6.45) is 5.37. The minimum Gasteiger partial charge on any atom is -0.478 e. The van der Waals surface area contributed by atoms with E-state index in [-0.39, 0.29) is 41.9 Å². The second-order valence-electron chi connectivity index (χ2n) is 16.4. The van der Waals surface area contributed by atoms with Crippen LogP contribution in [0.2, 0.25) is 0 Å². The van der Waals surface area contributed by atoms with E-state index >= 15 is 0 Å². The van der Waals surface area contributed by atoms with Crippen LogP contribution in [0.15, 0.2) is 78.1 Å². The Labute approximate surface area is 352 Å². The second-order valence-corrected chi connectivity index (χ2v) is 17.8. The lowest BCUT2D eigenvalue weighted by molar-refractivity contribution is 0.0696. The second kappa shape index (κ2) is 15.7. The maximum Gasteiger partial charge on any atom is 0.336 e. The summed E-state index contributed by atoms with van der Waals surface area (Å²) >= 11 is 0. The number of hydrogen-bond donors (Lipinski definition) is 4. The lowest BCUT2D eigenvalue weighted by Crippen LogP contribution is -2.47. The van der Waals surface area contributed by atoms with Gasteiger partial charge < -0.3 is 25.4 Å². The molecule has 0 bridgehead atoms. The summed E-state index contributed by atoms with van der Waals surface area (Å²) < 4.78 is 43.5. The zero-order chi connectivity index (χ0) is 44.2. The molecule has 314 valence electrons. The van der Waals surface area contributed by atoms with E-state index < -0.39 is 39.2 Å². The molecule has 0 unspecified atom stereocenters. The summed E-state index contributed by atoms with van der Waals surface area (Å²) in [6, 6.07) is 14.9. The molecule has 4 aromatic rings. The summed E-state index contributed by atoms with van der Waals surface area (Å²) in [5.41, 5.74) is 13.0. The standard InChI is InChI=1S/C44H44N8O8S/c1-24-20-43(2,3)51(6)35-18-37-33(16-30(24)35)39(34-17-31-27(23-61(57,58)59)21-44(4,5)52(7)36(31)19-38(34)60-37)29-9-8-25(15-32(29)42(55)56)40(53)47-12-13-48-41(54)26-10-11-46-28(14-26)22-49-50-45/h8-11,14-21H,12-13,22-23H2,1-7H3,(H3-,47,48,53,54,55,56,57,58,59)/p+1. The van der Waals surface area contributed by atoms with E-state index in [0.29, 0.717) is 55.9 Å². The van der Waals surface area contributed by atoms with Crippen molar-refractivity contribution >= 4 is 50.3 Å². The number of carboxylic acid groups (broad SMARTS) is 1. The zero-order valence-corrected chi connectivity index (χ0v) is 35.5. The summed E-state index contributed by atoms with van der Waals surface area (Å²) in [5.74, 6) is -2.05. The van der Waals surface area contributed by atoms with Crippen LogP contribution in [0.1, 0.15) is 93.6 Å². The third-order valence-corrected chi connectivity index (χ3v) is 12.1. The first-order valence-electron chi connectivity index (χ1n) is 19.4. The van der Waals surface area contributed by atoms with E-state index in [2.05, 4.69) is 50.1 Å². The van der Waals surface area contributed by atoms with Gasteiger partial charge in [-0.15, -0.1) is 0 Å². The van der Waals surface area contributed by atoms with Crippen LogP contribution < -0.4 is 35.4 Å². The van der Waals surface area contributed by atoms with Gasteiger partial charge in [0.05, 0.1) is 23.7 Å². The predicted molar refractivity (Wildman–Crippen MR) is 231 cm³/mol. The van der Waals surface area contributed by atoms with Crippen molar-refractivity contribution < 1.29 is 37.2 Å². The third-order valence-electron chi connectivity index (χ3n) is 11.5. The number of amides is 2. The molecule has 3 aliphatic rings. The van der Waals surface area contributed by atoms with Gasteiger partial charge in [-0.3, -0.25) is 19.1 Å². The van der Waals surface area contributed by atoms with Crippen molar-refractivity contribution in [2.75, 3.05) is 37.8 Å². The molecular weight excluding hydrogens is 801 g/mol. The first-order chi connectivity index (χ1) is 28.7. The topological polar surface area (TPSA) is 227 Å². The van der Waals surface area contributed by atoms with Crippen molar-refractivity contribution in [3.63, 3.8) is 0 Å². The van der Waals surface area contributed by atoms with Crippen LogP contribution in [0.4, 0.5) is 5.69 Å². The number of azide groups is 1. The Morgan fingerprint density at radius 3 is 2.26 bits per heavy atom. The Kier molecular flexibility index (Phi) is 10.9. The molecule has 0 fully saturated rings. The molecule has 1 aromatic heterocycles. The molecular formula is C44H45N8O8S+. The highest BCUT2D eigenvalue weighted by Crippen LogP contribution is 2.46. The Morgan fingerprint density at radius 1 is 0.918 bits per heavy atom. The van der Waals surface area contributed by atoms with Crippen molar-refractivity contribution in [2.24, 2.45) is 5.11 Å². The number of nitrogens with one attached hydrogen (secondary N) is 2. The lowest BCUT2D eigenvalue weighted by atomic mass is 9.83. The van der Waals surface area contributed by atoms with E-state index in [1.165, 1.54) is 30.5 Å². The number of nitrogens with zero attached hydrogens (tertiary/aromatic N) is 6. The van der Waals surface area contributed by atoms with Crippen LogP contribution in [-0.4, -0.2) is 84.9 Å². The molecule has 4 N–H and O–H groups in total. The van der Waals surface area contributed by atoms with Crippen LogP contribution in [0.3, 0.4) is 0 Å². The number of allylic oxidation sites excluding steroid dienone is 1. The Balaban J connectivity index is 1.31. The minimum atomic E-state index is -4.45. The molecule has 0 radical (unpaired) electrons. The molecule has 4 heterocycles. The number of hydrogen-bond acceptors (Lipinski definition) is 9. The maximum atomic E-state index is 13.5. The number of benzene rings is 3. The van der Waals surface area contributed by atoms with Crippen LogP contribution >= 0.6 is 0 Å². The van der Waals surface area contributed by atoms with Gasteiger partial charge in [0.1, 0.15) is 24.3 Å². The molecule has 0 saturated carbocycles. The van der Waals surface area contributed by atoms with Gasteiger partial charge in [-0.2, -0.15) is 8.42 Å². The van der Waals surface area contributed by atoms with Crippen molar-refractivity contribution in [2.45, 2.75) is 52.2 Å². The summed E-state index contributed by atoms with van der Waals surface area (Å²) in [6.45, 7) is 10.2. The highest BCUT2D eigenvalue weighted by molar-refractivity contribution is 7.86. The van der Waals surface area contributed by atoms with Gasteiger partial charge in [-0.05, 0) is 85.5 Å². The fourth-order valence-electron chi connectivity index (χ4n) is 8.07. The number of fused-ring (bicyclic) bond motifs is 4. The Bertz CT molecular complexity index is 2950. The van der Waals surface area contributed by atoms with E-state index in [4.69, 9.17) is 10.3 Å². The van der Waals surface area contributed by atoms with Gasteiger partial charge in [0.2, 0.25) is 5.36 Å². The summed E-state index contributed by atoms with van der Waals surface area (Å²) in [5, 5.41) is 21.2. The molecule has 2 amide bonds. The van der Waals surface area contributed by atoms with Gasteiger partial charge >= 0.3 is 5.97 Å². The number of aromatic carboxylic acids is 1. The molecule has 0 saturated heterocycles. The van der Waals surface area contributed by atoms with Crippen LogP contribution in [0.25, 0.3) is 27.2 Å². The van der Waals surface area contributed by atoms with Gasteiger partial charge in [-0.1, -0.05) is 17.3 Å². The lowest BCUT2D eigenvalue weighted by Gasteiger charge is -2.41. The average molecular weight is 846 g/mol. The quantitative estimate of drug-likeness (QED) is 0.0351. The van der Waals surface area contributed by atoms with E-state index in [1.54, 1.807) is 18.2 Å². The smallest absolute Gasteiger partial charge is 0.336 e. The number of ether oxygens (including phenoxy) is 1. The SMILES string of the molecule is CC1=CC(C)(C)[N+](C)=c2cc3c(cc21)=C(c1ccc(C(=O)NCCNC(=O)c2ccnc(CN=[N+]=[N-])c2)cc1C(=O)O)c1cc2c(cc1O3)N(C)C(C)(C)C=C2CS(=O)(=O)O. The molecule has 16 nitrogen and oxygen atoms in total. The zero-order valence-electron chi connectivity index (χ0n) is 34.7. The van der Waals surface area contributed by atoms with E-state index in [9.17, 15) is 32.5 Å². The van der Waals surface area contributed by atoms with Crippen LogP contribution in [-0.2, 0) is 16.7 Å². The number of likely N-dealkylation sites (N-methyl/N-ethyl adjacent to an activating group) is 2. The molecule has 17 heteroatoms. The van der Waals surface area contributed by atoms with Crippen molar-refractivity contribution in [3.05, 3.63) is 139 Å². The predicted octanol–water partition coefficient (Wildman–Crippen LogP) is 4.92. The van der Waals surface area contributed by atoms with Gasteiger partial charge in [0.25, 0.3) is 21.9 Å². The number of aromatic nitrogens is 1. The van der Waals surface area contributed by atoms with Gasteiger partial charge in [0, 0.05) is 101 Å². The molecule has 61 heavy (non-hydrogen) atoms. The van der Waals surface area contributed by atoms with E-state index in [1.807, 2.05) is 58.0 Å². The minimum absolute atomic E-state index is 0.0146. The molecule has 0 spiro atoms. The van der Waals surface area contributed by atoms with Crippen molar-refractivity contribution in [1.82, 2.24) is 20.2 Å². The summed E-state index contributed by atoms with van der Waals surface area (Å²) in [7, 11) is -0.574. The number of carbonyl (C=O) groups is 3. The molecule has 3 aromatic carbocycles. The molecule has 7 rings (SSSR count). The van der Waals surface area contributed by atoms with E-state index in [0.717, 1.165) is 16.5 Å².